The number of hydrogen-bond acceptors (Lipinski definition) is 3. The molecule has 1 amide bonds. The van der Waals surface area contributed by atoms with Gasteiger partial charge < -0.3 is 10.2 Å². The van der Waals surface area contributed by atoms with Crippen LogP contribution in [0.3, 0.4) is 0 Å². The molecule has 3 aliphatic rings. The molecule has 0 spiro atoms. The van der Waals surface area contributed by atoms with Gasteiger partial charge >= 0.3 is 0 Å². The first-order chi connectivity index (χ1) is 13.5. The summed E-state index contributed by atoms with van der Waals surface area (Å²) < 4.78 is 1.79. The third-order valence-electron chi connectivity index (χ3n) is 7.40. The number of aromatic nitrogens is 2. The van der Waals surface area contributed by atoms with Gasteiger partial charge in [-0.05, 0) is 50.2 Å². The van der Waals surface area contributed by atoms with Crippen LogP contribution in [0.15, 0.2) is 42.7 Å². The van der Waals surface area contributed by atoms with Crippen LogP contribution in [0.25, 0.3) is 0 Å². The molecule has 3 heterocycles. The van der Waals surface area contributed by atoms with E-state index in [-0.39, 0.29) is 17.4 Å². The summed E-state index contributed by atoms with van der Waals surface area (Å²) in [6, 6.07) is 12.2. The van der Waals surface area contributed by atoms with E-state index in [4.69, 9.17) is 0 Å². The van der Waals surface area contributed by atoms with Crippen molar-refractivity contribution in [1.82, 2.24) is 20.0 Å². The fourth-order valence-corrected chi connectivity index (χ4v) is 6.10. The SMILES string of the molecule is Cc1cnn(CC(=O)N2[C@H]3CCC[C@H]4N[C@@H](Cc5ccccc5)[C@@H]2C[C@@]34C)c1. The molecule has 5 nitrogen and oxygen atoms in total. The largest absolute Gasteiger partial charge is 0.333 e. The van der Waals surface area contributed by atoms with Gasteiger partial charge in [-0.25, -0.2) is 0 Å². The summed E-state index contributed by atoms with van der Waals surface area (Å²) in [5.41, 5.74) is 2.65. The first-order valence-corrected chi connectivity index (χ1v) is 10.6. The highest BCUT2D eigenvalue weighted by Gasteiger charge is 2.60. The fraction of sp³-hybridized carbons (Fsp3) is 0.565. The average molecular weight is 379 g/mol. The number of rotatable bonds is 4. The number of fused-ring (bicyclic) bond motifs is 1. The summed E-state index contributed by atoms with van der Waals surface area (Å²) in [5, 5.41) is 8.32. The van der Waals surface area contributed by atoms with Crippen LogP contribution >= 0.6 is 0 Å². The van der Waals surface area contributed by atoms with Crippen molar-refractivity contribution in [3.05, 3.63) is 53.9 Å². The third-order valence-corrected chi connectivity index (χ3v) is 7.40. The molecular formula is C23H30N4O. The Morgan fingerprint density at radius 3 is 2.86 bits per heavy atom. The van der Waals surface area contributed by atoms with E-state index in [9.17, 15) is 4.79 Å². The lowest BCUT2D eigenvalue weighted by Crippen LogP contribution is -2.58. The number of carbonyl (C=O) groups is 1. The molecule has 2 saturated heterocycles. The Balaban J connectivity index is 1.44. The van der Waals surface area contributed by atoms with Gasteiger partial charge in [-0.1, -0.05) is 37.3 Å². The molecule has 1 aliphatic carbocycles. The number of amides is 1. The van der Waals surface area contributed by atoms with Crippen LogP contribution in [0.1, 0.15) is 43.7 Å². The number of hydrogen-bond donors (Lipinski definition) is 1. The predicted octanol–water partition coefficient (Wildman–Crippen LogP) is 2.93. The molecule has 2 aliphatic heterocycles. The van der Waals surface area contributed by atoms with E-state index in [0.717, 1.165) is 24.8 Å². The molecule has 1 aromatic heterocycles. The highest BCUT2D eigenvalue weighted by atomic mass is 16.2. The maximum Gasteiger partial charge on any atom is 0.244 e. The molecule has 2 bridgehead atoms. The van der Waals surface area contributed by atoms with Gasteiger partial charge in [-0.3, -0.25) is 9.48 Å². The van der Waals surface area contributed by atoms with Gasteiger partial charge in [0.05, 0.1) is 6.20 Å². The molecule has 1 N–H and O–H groups in total. The lowest BCUT2D eigenvalue weighted by atomic mass is 9.65. The van der Waals surface area contributed by atoms with Gasteiger partial charge in [-0.2, -0.15) is 5.10 Å². The van der Waals surface area contributed by atoms with Crippen LogP contribution in [0.5, 0.6) is 0 Å². The van der Waals surface area contributed by atoms with E-state index >= 15 is 0 Å². The minimum absolute atomic E-state index is 0.200. The lowest BCUT2D eigenvalue weighted by molar-refractivity contribution is -0.136. The van der Waals surface area contributed by atoms with Gasteiger partial charge in [0, 0.05) is 35.8 Å². The van der Waals surface area contributed by atoms with E-state index < -0.39 is 0 Å². The Morgan fingerprint density at radius 1 is 1.29 bits per heavy atom. The summed E-state index contributed by atoms with van der Waals surface area (Å²) in [7, 11) is 0. The maximum atomic E-state index is 13.4. The quantitative estimate of drug-likeness (QED) is 0.890. The van der Waals surface area contributed by atoms with E-state index in [2.05, 4.69) is 52.6 Å². The summed E-state index contributed by atoms with van der Waals surface area (Å²) in [6.45, 7) is 4.77. The van der Waals surface area contributed by atoms with E-state index in [0.29, 0.717) is 24.7 Å². The maximum absolute atomic E-state index is 13.4. The second-order valence-electron chi connectivity index (χ2n) is 9.26. The Morgan fingerprint density at radius 2 is 2.11 bits per heavy atom. The van der Waals surface area contributed by atoms with Gasteiger partial charge in [0.2, 0.25) is 5.91 Å². The fourth-order valence-electron chi connectivity index (χ4n) is 6.10. The normalized spacial score (nSPS) is 33.9. The summed E-state index contributed by atoms with van der Waals surface area (Å²) in [4.78, 5) is 15.7. The smallest absolute Gasteiger partial charge is 0.244 e. The number of likely N-dealkylation sites (tertiary alicyclic amines) is 1. The van der Waals surface area contributed by atoms with Crippen molar-refractivity contribution in [2.75, 3.05) is 0 Å². The monoisotopic (exact) mass is 378 g/mol. The molecule has 1 saturated carbocycles. The second-order valence-corrected chi connectivity index (χ2v) is 9.26. The number of nitrogens with one attached hydrogen (secondary N) is 1. The molecule has 148 valence electrons. The van der Waals surface area contributed by atoms with Crippen LogP contribution < -0.4 is 5.32 Å². The molecule has 28 heavy (non-hydrogen) atoms. The molecule has 5 rings (SSSR count). The first kappa shape index (κ1) is 17.9. The van der Waals surface area contributed by atoms with Crippen LogP contribution in [-0.4, -0.2) is 44.8 Å². The van der Waals surface area contributed by atoms with Crippen molar-refractivity contribution < 1.29 is 4.79 Å². The minimum Gasteiger partial charge on any atom is -0.333 e. The van der Waals surface area contributed by atoms with Gasteiger partial charge in [-0.15, -0.1) is 0 Å². The lowest BCUT2D eigenvalue weighted by Gasteiger charge is -2.46. The number of carbonyl (C=O) groups excluding carboxylic acids is 1. The number of nitrogens with zero attached hydrogens (tertiary/aromatic N) is 3. The Hall–Kier alpha value is -2.14. The summed E-state index contributed by atoms with van der Waals surface area (Å²) in [5.74, 6) is 0.226. The Bertz CT molecular complexity index is 862. The topological polar surface area (TPSA) is 50.2 Å². The Kier molecular flexibility index (Phi) is 4.31. The van der Waals surface area contributed by atoms with Crippen molar-refractivity contribution in [3.8, 4) is 0 Å². The van der Waals surface area contributed by atoms with Crippen molar-refractivity contribution in [2.45, 2.75) is 76.7 Å². The van der Waals surface area contributed by atoms with Crippen LogP contribution in [0, 0.1) is 12.3 Å². The molecule has 1 aromatic carbocycles. The number of piperidine rings is 1. The van der Waals surface area contributed by atoms with Gasteiger partial charge in [0.15, 0.2) is 0 Å². The van der Waals surface area contributed by atoms with Gasteiger partial charge in [0.25, 0.3) is 0 Å². The molecule has 3 fully saturated rings. The highest BCUT2D eigenvalue weighted by molar-refractivity contribution is 5.77. The van der Waals surface area contributed by atoms with Crippen LogP contribution in [0.2, 0.25) is 0 Å². The molecule has 5 atom stereocenters. The zero-order valence-electron chi connectivity index (χ0n) is 16.8. The third kappa shape index (κ3) is 2.87. The molecule has 0 radical (unpaired) electrons. The molecular weight excluding hydrogens is 348 g/mol. The van der Waals surface area contributed by atoms with Gasteiger partial charge in [0.1, 0.15) is 6.54 Å². The standard InChI is InChI=1S/C23H30N4O/c1-16-13-24-26(14-16)15-22(28)27-19-12-23(2)20(9-6-10-21(23)27)25-18(19)11-17-7-4-3-5-8-17/h3-5,7-8,13-14,18-21,25H,6,9-12,15H2,1-2H3/t18-,19-,20+,21-,23+/m0/s1. The van der Waals surface area contributed by atoms with Crippen LogP contribution in [-0.2, 0) is 17.8 Å². The minimum atomic E-state index is 0.200. The van der Waals surface area contributed by atoms with Crippen LogP contribution in [0.4, 0.5) is 0 Å². The molecule has 2 aromatic rings. The second kappa shape index (κ2) is 6.73. The highest BCUT2D eigenvalue weighted by Crippen LogP contribution is 2.53. The summed E-state index contributed by atoms with van der Waals surface area (Å²) in [6.07, 6.45) is 9.45. The number of aryl methyl sites for hydroxylation is 1. The zero-order valence-corrected chi connectivity index (χ0v) is 16.8. The van der Waals surface area contributed by atoms with E-state index in [1.807, 2.05) is 19.3 Å². The number of benzene rings is 1. The van der Waals surface area contributed by atoms with Crippen molar-refractivity contribution in [2.24, 2.45) is 5.41 Å². The van der Waals surface area contributed by atoms with Crippen molar-refractivity contribution in [1.29, 1.82) is 0 Å². The van der Waals surface area contributed by atoms with Crippen molar-refractivity contribution in [3.63, 3.8) is 0 Å². The predicted molar refractivity (Wildman–Crippen MR) is 109 cm³/mol. The van der Waals surface area contributed by atoms with Crippen molar-refractivity contribution >= 4 is 5.91 Å². The van der Waals surface area contributed by atoms with E-state index in [1.54, 1.807) is 4.68 Å². The molecule has 5 heteroatoms. The zero-order chi connectivity index (χ0) is 19.3. The Labute approximate surface area is 167 Å². The molecule has 0 unspecified atom stereocenters. The summed E-state index contributed by atoms with van der Waals surface area (Å²) >= 11 is 0. The first-order valence-electron chi connectivity index (χ1n) is 10.6. The van der Waals surface area contributed by atoms with E-state index in [1.165, 1.54) is 18.4 Å². The average Bonchev–Trinajstić information content (AvgIpc) is 3.22.